The Bertz CT molecular complexity index is 1460. The molecule has 2 N–H and O–H groups in total. The summed E-state index contributed by atoms with van der Waals surface area (Å²) in [6.07, 6.45) is 3.77. The van der Waals surface area contributed by atoms with E-state index in [9.17, 15) is 14.3 Å². The van der Waals surface area contributed by atoms with E-state index in [1.165, 1.54) is 29.5 Å². The van der Waals surface area contributed by atoms with Gasteiger partial charge < -0.3 is 20.1 Å². The lowest BCUT2D eigenvalue weighted by atomic mass is 9.99. The molecule has 0 saturated heterocycles. The van der Waals surface area contributed by atoms with Gasteiger partial charge in [-0.05, 0) is 60.5 Å². The molecule has 0 aliphatic carbocycles. The van der Waals surface area contributed by atoms with E-state index in [1.54, 1.807) is 23.9 Å². The van der Waals surface area contributed by atoms with Gasteiger partial charge in [-0.15, -0.1) is 0 Å². The Labute approximate surface area is 205 Å². The minimum atomic E-state index is -1.02. The predicted octanol–water partition coefficient (Wildman–Crippen LogP) is 4.58. The highest BCUT2D eigenvalue weighted by Crippen LogP contribution is 2.34. The molecule has 1 aliphatic heterocycles. The topological polar surface area (TPSA) is 92.5 Å². The Morgan fingerprint density at radius 3 is 2.89 bits per heavy atom. The smallest absolute Gasteiger partial charge is 0.307 e. The minimum Gasteiger partial charge on any atom is -0.495 e. The number of likely N-dealkylation sites (N-methyl/N-ethyl adjacent to an activating group) is 1. The van der Waals surface area contributed by atoms with Gasteiger partial charge in [0.15, 0.2) is 5.82 Å². The molecule has 1 aliphatic rings. The van der Waals surface area contributed by atoms with Crippen LogP contribution >= 0.6 is 11.6 Å². The van der Waals surface area contributed by atoms with Crippen molar-refractivity contribution in [3.8, 4) is 11.6 Å². The van der Waals surface area contributed by atoms with Crippen LogP contribution in [0, 0.1) is 5.82 Å². The van der Waals surface area contributed by atoms with Gasteiger partial charge in [-0.2, -0.15) is 4.98 Å². The van der Waals surface area contributed by atoms with Gasteiger partial charge in [0.25, 0.3) is 0 Å². The average Bonchev–Trinajstić information content (AvgIpc) is 3.16. The maximum atomic E-state index is 13.9. The summed E-state index contributed by atoms with van der Waals surface area (Å²) in [7, 11) is 3.70. The first-order valence-electron chi connectivity index (χ1n) is 11.0. The van der Waals surface area contributed by atoms with Crippen molar-refractivity contribution in [3.05, 3.63) is 70.3 Å². The van der Waals surface area contributed by atoms with E-state index in [2.05, 4.69) is 27.2 Å². The summed E-state index contributed by atoms with van der Waals surface area (Å²) in [5, 5.41) is 13.3. The molecule has 3 heterocycles. The minimum absolute atomic E-state index is 0.262. The predicted molar refractivity (Wildman–Crippen MR) is 131 cm³/mol. The number of nitrogens with one attached hydrogen (secondary N) is 1. The number of benzene rings is 2. The largest absolute Gasteiger partial charge is 0.495 e. The SMILES string of the molecule is COc1cc2c(cc1Nc1ncc(Cl)c(-n3cc(CC(=O)O)c4cc(F)ccc43)n1)CN(C)CC2. The van der Waals surface area contributed by atoms with E-state index in [1.807, 2.05) is 12.1 Å². The second-order valence-corrected chi connectivity index (χ2v) is 8.96. The number of methoxy groups -OCH3 is 1. The highest BCUT2D eigenvalue weighted by Gasteiger charge is 2.19. The summed E-state index contributed by atoms with van der Waals surface area (Å²) in [5.41, 5.74) is 4.22. The molecule has 180 valence electrons. The number of carboxylic acid groups (broad SMARTS) is 1. The normalized spacial score (nSPS) is 13.6. The van der Waals surface area contributed by atoms with E-state index < -0.39 is 11.8 Å². The first kappa shape index (κ1) is 23.1. The molecule has 0 amide bonds. The second-order valence-electron chi connectivity index (χ2n) is 8.56. The van der Waals surface area contributed by atoms with Gasteiger partial charge in [0.1, 0.15) is 16.6 Å². The first-order chi connectivity index (χ1) is 16.8. The molecule has 0 unspecified atom stereocenters. The van der Waals surface area contributed by atoms with Gasteiger partial charge in [0.2, 0.25) is 5.95 Å². The molecule has 8 nitrogen and oxygen atoms in total. The van der Waals surface area contributed by atoms with Crippen LogP contribution in [-0.2, 0) is 24.2 Å². The fourth-order valence-corrected chi connectivity index (χ4v) is 4.63. The summed E-state index contributed by atoms with van der Waals surface area (Å²) in [6, 6.07) is 8.28. The Morgan fingerprint density at radius 1 is 1.29 bits per heavy atom. The van der Waals surface area contributed by atoms with Gasteiger partial charge in [-0.25, -0.2) is 9.37 Å². The Morgan fingerprint density at radius 2 is 2.11 bits per heavy atom. The lowest BCUT2D eigenvalue weighted by Gasteiger charge is -2.26. The van der Waals surface area contributed by atoms with Crippen molar-refractivity contribution in [1.29, 1.82) is 0 Å². The van der Waals surface area contributed by atoms with Crippen LogP contribution in [0.1, 0.15) is 16.7 Å². The third-order valence-electron chi connectivity index (χ3n) is 6.12. The fraction of sp³-hybridized carbons (Fsp3) is 0.240. The molecule has 10 heteroatoms. The molecule has 35 heavy (non-hydrogen) atoms. The average molecular weight is 496 g/mol. The number of aromatic nitrogens is 3. The number of hydrogen-bond donors (Lipinski definition) is 2. The maximum Gasteiger partial charge on any atom is 0.307 e. The van der Waals surface area contributed by atoms with E-state index >= 15 is 0 Å². The van der Waals surface area contributed by atoms with Crippen LogP contribution in [-0.4, -0.2) is 51.2 Å². The van der Waals surface area contributed by atoms with Crippen LogP contribution in [0.25, 0.3) is 16.7 Å². The quantitative estimate of drug-likeness (QED) is 0.404. The molecular weight excluding hydrogens is 473 g/mol. The lowest BCUT2D eigenvalue weighted by molar-refractivity contribution is -0.136. The molecule has 5 rings (SSSR count). The summed E-state index contributed by atoms with van der Waals surface area (Å²) in [4.78, 5) is 22.6. The van der Waals surface area contributed by atoms with Crippen molar-refractivity contribution in [1.82, 2.24) is 19.4 Å². The zero-order chi connectivity index (χ0) is 24.7. The third-order valence-corrected chi connectivity index (χ3v) is 6.38. The number of aliphatic carboxylic acids is 1. The summed E-state index contributed by atoms with van der Waals surface area (Å²) >= 11 is 6.46. The van der Waals surface area contributed by atoms with Gasteiger partial charge in [-0.1, -0.05) is 11.6 Å². The van der Waals surface area contributed by atoms with E-state index in [0.29, 0.717) is 28.0 Å². The number of anilines is 2. The van der Waals surface area contributed by atoms with Crippen LogP contribution in [0.3, 0.4) is 0 Å². The highest BCUT2D eigenvalue weighted by molar-refractivity contribution is 6.32. The maximum absolute atomic E-state index is 13.9. The van der Waals surface area contributed by atoms with Crippen LogP contribution < -0.4 is 10.1 Å². The molecule has 0 saturated carbocycles. The number of nitrogens with zero attached hydrogens (tertiary/aromatic N) is 4. The van der Waals surface area contributed by atoms with Crippen LogP contribution in [0.2, 0.25) is 5.02 Å². The Balaban J connectivity index is 1.56. The molecule has 0 atom stereocenters. The van der Waals surface area contributed by atoms with Crippen LogP contribution in [0.15, 0.2) is 42.7 Å². The molecular formula is C25H23ClFN5O3. The van der Waals surface area contributed by atoms with E-state index in [-0.39, 0.29) is 17.4 Å². The number of carbonyl (C=O) groups is 1. The number of halogens is 2. The van der Waals surface area contributed by atoms with Crippen LogP contribution in [0.4, 0.5) is 16.0 Å². The molecule has 0 radical (unpaired) electrons. The lowest BCUT2D eigenvalue weighted by Crippen LogP contribution is -2.26. The van der Waals surface area contributed by atoms with Crippen molar-refractivity contribution in [3.63, 3.8) is 0 Å². The number of ether oxygens (including phenoxy) is 1. The van der Waals surface area contributed by atoms with Crippen molar-refractivity contribution in [2.45, 2.75) is 19.4 Å². The number of carboxylic acids is 1. The Hall–Kier alpha value is -3.69. The molecule has 0 fully saturated rings. The molecule has 4 aromatic rings. The fourth-order valence-electron chi connectivity index (χ4n) is 4.45. The third kappa shape index (κ3) is 4.52. The Kier molecular flexibility index (Phi) is 6.04. The summed E-state index contributed by atoms with van der Waals surface area (Å²) < 4.78 is 21.2. The van der Waals surface area contributed by atoms with E-state index in [0.717, 1.165) is 25.2 Å². The summed E-state index contributed by atoms with van der Waals surface area (Å²) in [5.74, 6) is -0.165. The zero-order valence-corrected chi connectivity index (χ0v) is 19.9. The highest BCUT2D eigenvalue weighted by atomic mass is 35.5. The van der Waals surface area contributed by atoms with Crippen molar-refractivity contribution in [2.75, 3.05) is 26.0 Å². The van der Waals surface area contributed by atoms with Crippen molar-refractivity contribution in [2.24, 2.45) is 0 Å². The van der Waals surface area contributed by atoms with Gasteiger partial charge in [-0.3, -0.25) is 9.36 Å². The van der Waals surface area contributed by atoms with Gasteiger partial charge >= 0.3 is 5.97 Å². The number of rotatable bonds is 6. The zero-order valence-electron chi connectivity index (χ0n) is 19.2. The molecule has 0 spiro atoms. The number of hydrogen-bond acceptors (Lipinski definition) is 6. The summed E-state index contributed by atoms with van der Waals surface area (Å²) in [6.45, 7) is 1.82. The molecule has 2 aromatic heterocycles. The standard InChI is InChI=1S/C25H23ClFN5O3/c1-31-6-5-14-8-22(35-2)20(7-15(14)12-31)29-25-28-11-19(26)24(30-25)32-13-16(9-23(33)34)18-10-17(27)3-4-21(18)32/h3-4,7-8,10-11,13H,5-6,9,12H2,1-2H3,(H,33,34)(H,28,29,30). The van der Waals surface area contributed by atoms with Crippen LogP contribution in [0.5, 0.6) is 5.75 Å². The molecule has 2 aromatic carbocycles. The van der Waals surface area contributed by atoms with Gasteiger partial charge in [0.05, 0.1) is 30.9 Å². The molecule has 0 bridgehead atoms. The first-order valence-corrected chi connectivity index (χ1v) is 11.4. The number of fused-ring (bicyclic) bond motifs is 2. The second kappa shape index (κ2) is 9.16. The van der Waals surface area contributed by atoms with Crippen molar-refractivity contribution >= 4 is 40.1 Å². The van der Waals surface area contributed by atoms with Crippen molar-refractivity contribution < 1.29 is 19.0 Å². The monoisotopic (exact) mass is 495 g/mol. The van der Waals surface area contributed by atoms with E-state index in [4.69, 9.17) is 16.3 Å². The van der Waals surface area contributed by atoms with Gasteiger partial charge in [0, 0.05) is 24.7 Å².